The Kier molecular flexibility index (Phi) is 6.78. The molecule has 0 radical (unpaired) electrons. The van der Waals surface area contributed by atoms with E-state index in [-0.39, 0.29) is 0 Å². The van der Waals surface area contributed by atoms with Crippen LogP contribution in [0.25, 0.3) is 0 Å². The molecule has 0 spiro atoms. The number of aliphatic hydroxyl groups is 3. The number of nitrogens with one attached hydrogen (secondary N) is 2. The van der Waals surface area contributed by atoms with Gasteiger partial charge in [0.15, 0.2) is 0 Å². The Morgan fingerprint density at radius 2 is 1.87 bits per heavy atom. The molecule has 4 atom stereocenters. The molecule has 1 aliphatic rings. The quantitative estimate of drug-likeness (QED) is 0.293. The molecule has 0 bridgehead atoms. The lowest BCUT2D eigenvalue weighted by Crippen LogP contribution is -2.63. The van der Waals surface area contributed by atoms with Gasteiger partial charge in [-0.05, 0) is 18.2 Å². The van der Waals surface area contributed by atoms with Crippen molar-refractivity contribution in [3.63, 3.8) is 0 Å². The first-order valence-corrected chi connectivity index (χ1v) is 9.99. The lowest BCUT2D eigenvalue weighted by Gasteiger charge is -2.41. The van der Waals surface area contributed by atoms with E-state index in [4.69, 9.17) is 5.73 Å². The number of aliphatic hydroxyl groups excluding tert-OH is 2. The second-order valence-corrected chi connectivity index (χ2v) is 8.61. The van der Waals surface area contributed by atoms with Gasteiger partial charge in [0, 0.05) is 12.8 Å². The second-order valence-electron chi connectivity index (χ2n) is 6.90. The molecule has 2 rings (SSSR count). The van der Waals surface area contributed by atoms with Crippen molar-refractivity contribution in [3.8, 4) is 0 Å². The molecule has 0 saturated heterocycles. The van der Waals surface area contributed by atoms with Crippen LogP contribution in [-0.4, -0.2) is 65.9 Å². The summed E-state index contributed by atoms with van der Waals surface area (Å²) in [7, 11) is -4.64. The number of benzene rings is 1. The first-order chi connectivity index (χ1) is 13.7. The van der Waals surface area contributed by atoms with E-state index < -0.39 is 81.7 Å². The Balaban J connectivity index is 2.27. The number of amides is 2. The molecule has 1 fully saturated rings. The maximum absolute atomic E-state index is 12.8. The zero-order valence-electron chi connectivity index (χ0n) is 15.3. The summed E-state index contributed by atoms with van der Waals surface area (Å²) in [6.07, 6.45) is -9.73. The normalized spacial score (nSPS) is 27.5. The van der Waals surface area contributed by atoms with Crippen LogP contribution in [0.1, 0.15) is 18.4 Å². The summed E-state index contributed by atoms with van der Waals surface area (Å²) in [6, 6.07) is 1.17. The van der Waals surface area contributed by atoms with Gasteiger partial charge in [-0.2, -0.15) is 13.2 Å². The fourth-order valence-electron chi connectivity index (χ4n) is 3.04. The molecule has 0 aromatic heterocycles. The lowest BCUT2D eigenvalue weighted by molar-refractivity contribution is -0.157. The molecule has 2 amide bonds. The summed E-state index contributed by atoms with van der Waals surface area (Å²) in [5.74, 6) is -2.07. The Labute approximate surface area is 168 Å². The van der Waals surface area contributed by atoms with E-state index in [0.29, 0.717) is 12.1 Å². The number of hydrogen-bond acceptors (Lipinski definition) is 7. The zero-order valence-corrected chi connectivity index (χ0v) is 16.1. The van der Waals surface area contributed by atoms with Crippen LogP contribution in [0.5, 0.6) is 0 Å². The Morgan fingerprint density at radius 1 is 1.23 bits per heavy atom. The molecule has 1 aromatic carbocycles. The van der Waals surface area contributed by atoms with Crippen molar-refractivity contribution < 1.29 is 46.5 Å². The van der Waals surface area contributed by atoms with Gasteiger partial charge in [0.1, 0.15) is 5.60 Å². The molecule has 30 heavy (non-hydrogen) atoms. The van der Waals surface area contributed by atoms with E-state index in [0.717, 1.165) is 12.1 Å². The number of primary amides is 1. The molecule has 1 saturated carbocycles. The second kappa shape index (κ2) is 8.47. The Hall–Kier alpha value is -2.26. The summed E-state index contributed by atoms with van der Waals surface area (Å²) in [5, 5.41) is 32.6. The molecule has 0 unspecified atom stereocenters. The van der Waals surface area contributed by atoms with Crippen molar-refractivity contribution in [1.29, 1.82) is 0 Å². The largest absolute Gasteiger partial charge is 0.416 e. The molecule has 10 nitrogen and oxygen atoms in total. The van der Waals surface area contributed by atoms with Gasteiger partial charge in [0.2, 0.25) is 15.9 Å². The van der Waals surface area contributed by atoms with Crippen molar-refractivity contribution in [1.82, 2.24) is 10.0 Å². The number of rotatable bonds is 6. The smallest absolute Gasteiger partial charge is 0.390 e. The van der Waals surface area contributed by atoms with Crippen LogP contribution in [0.2, 0.25) is 0 Å². The average Bonchev–Trinajstić information content (AvgIpc) is 2.63. The molecule has 1 aliphatic carbocycles. The van der Waals surface area contributed by atoms with Gasteiger partial charge in [-0.1, -0.05) is 6.07 Å². The van der Waals surface area contributed by atoms with E-state index in [1.165, 1.54) is 0 Å². The van der Waals surface area contributed by atoms with Gasteiger partial charge in [-0.15, -0.1) is 0 Å². The highest BCUT2D eigenvalue weighted by Crippen LogP contribution is 2.32. The highest BCUT2D eigenvalue weighted by Gasteiger charge is 2.49. The summed E-state index contributed by atoms with van der Waals surface area (Å²) in [5.41, 5.74) is 1.28. The predicted octanol–water partition coefficient (Wildman–Crippen LogP) is -1.80. The molecule has 168 valence electrons. The van der Waals surface area contributed by atoms with Crippen molar-refractivity contribution in [2.75, 3.05) is 6.54 Å². The molecule has 1 aromatic rings. The van der Waals surface area contributed by atoms with Gasteiger partial charge in [0.05, 0.1) is 35.3 Å². The number of nitrogens with two attached hydrogens (primary N) is 1. The van der Waals surface area contributed by atoms with Crippen molar-refractivity contribution >= 4 is 21.8 Å². The third kappa shape index (κ3) is 5.46. The summed E-state index contributed by atoms with van der Waals surface area (Å²) >= 11 is 0. The fraction of sp³-hybridized carbons (Fsp3) is 0.500. The van der Waals surface area contributed by atoms with Gasteiger partial charge < -0.3 is 26.4 Å². The average molecular weight is 455 g/mol. The molecule has 7 N–H and O–H groups in total. The van der Waals surface area contributed by atoms with E-state index in [2.05, 4.69) is 0 Å². The minimum atomic E-state index is -4.80. The maximum Gasteiger partial charge on any atom is 0.416 e. The minimum absolute atomic E-state index is 0.375. The van der Waals surface area contributed by atoms with E-state index in [1.54, 1.807) is 0 Å². The number of sulfonamides is 1. The molecule has 0 heterocycles. The summed E-state index contributed by atoms with van der Waals surface area (Å²) in [4.78, 5) is 22.2. The number of carbonyl (C=O) groups excluding carboxylic acids is 2. The Morgan fingerprint density at radius 3 is 2.43 bits per heavy atom. The van der Waals surface area contributed by atoms with Gasteiger partial charge in [-0.3, -0.25) is 9.59 Å². The third-order valence-corrected chi connectivity index (χ3v) is 6.02. The van der Waals surface area contributed by atoms with Crippen LogP contribution in [0.3, 0.4) is 0 Å². The maximum atomic E-state index is 12.8. The first kappa shape index (κ1) is 24.0. The molecular formula is C16H20F3N3O7S. The lowest BCUT2D eigenvalue weighted by atomic mass is 9.78. The standard InChI is InChI=1S/C16H20F3N3O7S/c17-16(18,19)8-2-1-3-9(4-8)30(28,29)22-10-5-15(27,6-11(23)13(10)25)14(26)21-7-12(20)24/h1-4,10-11,13,22-23,25,27H,5-7H2,(H2,20,24)(H,21,26)/t10-,11+,13+,15-/m0/s1. The molecular weight excluding hydrogens is 435 g/mol. The van der Waals surface area contributed by atoms with Crippen LogP contribution < -0.4 is 15.8 Å². The van der Waals surface area contributed by atoms with Crippen LogP contribution in [-0.2, 0) is 25.8 Å². The van der Waals surface area contributed by atoms with Crippen molar-refractivity contribution in [3.05, 3.63) is 29.8 Å². The third-order valence-electron chi connectivity index (χ3n) is 4.53. The van der Waals surface area contributed by atoms with Crippen LogP contribution in [0, 0.1) is 0 Å². The highest BCUT2D eigenvalue weighted by molar-refractivity contribution is 7.89. The van der Waals surface area contributed by atoms with Gasteiger partial charge in [0.25, 0.3) is 5.91 Å². The molecule has 0 aliphatic heterocycles. The minimum Gasteiger partial charge on any atom is -0.390 e. The van der Waals surface area contributed by atoms with Gasteiger partial charge >= 0.3 is 6.18 Å². The predicted molar refractivity (Wildman–Crippen MR) is 94.0 cm³/mol. The monoisotopic (exact) mass is 455 g/mol. The SMILES string of the molecule is NC(=O)CNC(=O)[C@@]1(O)C[C@@H](O)[C@H](O)[C@@H](NS(=O)(=O)c2cccc(C(F)(F)F)c2)C1. The van der Waals surface area contributed by atoms with Crippen molar-refractivity contribution in [2.45, 2.75) is 47.8 Å². The number of halogens is 3. The Bertz CT molecular complexity index is 925. The number of alkyl halides is 3. The topological polar surface area (TPSA) is 179 Å². The van der Waals surface area contributed by atoms with Gasteiger partial charge in [-0.25, -0.2) is 13.1 Å². The van der Waals surface area contributed by atoms with Crippen LogP contribution in [0.15, 0.2) is 29.2 Å². The van der Waals surface area contributed by atoms with E-state index in [9.17, 15) is 46.5 Å². The van der Waals surface area contributed by atoms with Crippen molar-refractivity contribution in [2.24, 2.45) is 5.73 Å². The number of hydrogen-bond donors (Lipinski definition) is 6. The fourth-order valence-corrected chi connectivity index (χ4v) is 4.34. The van der Waals surface area contributed by atoms with Crippen LogP contribution in [0.4, 0.5) is 13.2 Å². The number of carbonyl (C=O) groups is 2. The molecule has 14 heteroatoms. The van der Waals surface area contributed by atoms with E-state index >= 15 is 0 Å². The zero-order chi connectivity index (χ0) is 22.9. The summed E-state index contributed by atoms with van der Waals surface area (Å²) < 4.78 is 65.5. The van der Waals surface area contributed by atoms with Crippen LogP contribution >= 0.6 is 0 Å². The summed E-state index contributed by atoms with van der Waals surface area (Å²) in [6.45, 7) is -0.638. The highest BCUT2D eigenvalue weighted by atomic mass is 32.2. The van der Waals surface area contributed by atoms with E-state index in [1.807, 2.05) is 10.0 Å². The first-order valence-electron chi connectivity index (χ1n) is 8.50.